The molecule has 5 rings (SSSR count). The van der Waals surface area contributed by atoms with Crippen LogP contribution in [-0.2, 0) is 6.61 Å². The molecule has 0 aliphatic heterocycles. The SMILES string of the molecule is Cc1nc(COc2ccc3nc(-c4cccnc4)nc(Nc4ccccc4C(N)=O)c3c2)cs1. The average Bonchev–Trinajstić information content (AvgIpc) is 3.28. The van der Waals surface area contributed by atoms with Gasteiger partial charge in [0.15, 0.2) is 5.82 Å². The normalized spacial score (nSPS) is 10.9. The van der Waals surface area contributed by atoms with Crippen molar-refractivity contribution in [2.45, 2.75) is 13.5 Å². The number of aryl methyl sites for hydroxylation is 1. The highest BCUT2D eigenvalue weighted by atomic mass is 32.1. The number of nitrogens with zero attached hydrogens (tertiary/aromatic N) is 4. The van der Waals surface area contributed by atoms with Crippen LogP contribution >= 0.6 is 11.3 Å². The van der Waals surface area contributed by atoms with E-state index in [1.165, 1.54) is 0 Å². The molecular formula is C25H20N6O2S. The molecule has 2 aromatic carbocycles. The number of amides is 1. The maximum absolute atomic E-state index is 12.0. The summed E-state index contributed by atoms with van der Waals surface area (Å²) in [6.07, 6.45) is 3.40. The lowest BCUT2D eigenvalue weighted by Gasteiger charge is -2.14. The molecule has 8 nitrogen and oxygen atoms in total. The number of thiazole rings is 1. The Morgan fingerprint density at radius 3 is 2.74 bits per heavy atom. The topological polar surface area (TPSA) is 116 Å². The van der Waals surface area contributed by atoms with Gasteiger partial charge in [-0.2, -0.15) is 0 Å². The summed E-state index contributed by atoms with van der Waals surface area (Å²) in [4.78, 5) is 30.0. The van der Waals surface area contributed by atoms with E-state index in [1.807, 2.05) is 48.7 Å². The van der Waals surface area contributed by atoms with Crippen molar-refractivity contribution >= 4 is 39.7 Å². The van der Waals surface area contributed by atoms with Crippen molar-refractivity contribution in [3.05, 3.63) is 88.6 Å². The molecule has 9 heteroatoms. The molecule has 3 heterocycles. The molecule has 34 heavy (non-hydrogen) atoms. The summed E-state index contributed by atoms with van der Waals surface area (Å²) in [7, 11) is 0. The zero-order chi connectivity index (χ0) is 23.5. The standard InChI is InChI=1S/C25H20N6O2S/c1-15-28-17(14-34-15)13-33-18-8-9-22-20(11-18)25(30-21-7-3-2-6-19(21)23(26)32)31-24(29-22)16-5-4-10-27-12-16/h2-12,14H,13H2,1H3,(H2,26,32)(H,29,30,31). The Balaban J connectivity index is 1.58. The van der Waals surface area contributed by atoms with Crippen molar-refractivity contribution in [3.8, 4) is 17.1 Å². The number of aromatic nitrogens is 4. The fourth-order valence-electron chi connectivity index (χ4n) is 3.48. The number of hydrogen-bond acceptors (Lipinski definition) is 8. The van der Waals surface area contributed by atoms with Crippen LogP contribution in [-0.4, -0.2) is 25.8 Å². The lowest BCUT2D eigenvalue weighted by atomic mass is 10.1. The molecule has 0 atom stereocenters. The second-order valence-corrected chi connectivity index (χ2v) is 8.56. The van der Waals surface area contributed by atoms with Crippen molar-refractivity contribution in [1.82, 2.24) is 19.9 Å². The number of nitrogens with one attached hydrogen (secondary N) is 1. The van der Waals surface area contributed by atoms with Gasteiger partial charge in [-0.1, -0.05) is 12.1 Å². The largest absolute Gasteiger partial charge is 0.487 e. The molecule has 5 aromatic rings. The summed E-state index contributed by atoms with van der Waals surface area (Å²) < 4.78 is 5.97. The number of carbonyl (C=O) groups is 1. The number of fused-ring (bicyclic) bond motifs is 1. The number of carbonyl (C=O) groups excluding carboxylic acids is 1. The number of hydrogen-bond donors (Lipinski definition) is 2. The zero-order valence-electron chi connectivity index (χ0n) is 18.2. The maximum Gasteiger partial charge on any atom is 0.250 e. The van der Waals surface area contributed by atoms with E-state index in [2.05, 4.69) is 15.3 Å². The van der Waals surface area contributed by atoms with Gasteiger partial charge >= 0.3 is 0 Å². The molecule has 0 unspecified atom stereocenters. The summed E-state index contributed by atoms with van der Waals surface area (Å²) in [6.45, 7) is 2.32. The van der Waals surface area contributed by atoms with Crippen LogP contribution in [0.15, 0.2) is 72.4 Å². The predicted octanol–water partition coefficient (Wildman–Crippen LogP) is 4.88. The number of primary amides is 1. The molecule has 0 aliphatic rings. The van der Waals surface area contributed by atoms with Gasteiger partial charge in [-0.3, -0.25) is 9.78 Å². The summed E-state index contributed by atoms with van der Waals surface area (Å²) in [6, 6.07) is 16.4. The van der Waals surface area contributed by atoms with Crippen LogP contribution in [0.4, 0.5) is 11.5 Å². The lowest BCUT2D eigenvalue weighted by molar-refractivity contribution is 0.100. The van der Waals surface area contributed by atoms with Crippen molar-refractivity contribution in [1.29, 1.82) is 0 Å². The van der Waals surface area contributed by atoms with Gasteiger partial charge in [-0.15, -0.1) is 11.3 Å². The Bertz CT molecular complexity index is 1490. The Kier molecular flexibility index (Phi) is 5.84. The number of benzene rings is 2. The molecule has 0 saturated carbocycles. The molecule has 0 bridgehead atoms. The third-order valence-electron chi connectivity index (χ3n) is 5.09. The van der Waals surface area contributed by atoms with Crippen LogP contribution in [0.2, 0.25) is 0 Å². The molecule has 0 radical (unpaired) electrons. The number of para-hydroxylation sites is 1. The number of pyridine rings is 1. The number of nitrogens with two attached hydrogens (primary N) is 1. The molecule has 0 fully saturated rings. The lowest BCUT2D eigenvalue weighted by Crippen LogP contribution is -2.13. The van der Waals surface area contributed by atoms with E-state index < -0.39 is 5.91 Å². The van der Waals surface area contributed by atoms with Crippen LogP contribution in [0.3, 0.4) is 0 Å². The van der Waals surface area contributed by atoms with E-state index in [-0.39, 0.29) is 0 Å². The van der Waals surface area contributed by atoms with Crippen molar-refractivity contribution in [2.24, 2.45) is 5.73 Å². The minimum Gasteiger partial charge on any atom is -0.487 e. The van der Waals surface area contributed by atoms with Crippen molar-refractivity contribution in [2.75, 3.05) is 5.32 Å². The molecular weight excluding hydrogens is 448 g/mol. The number of ether oxygens (including phenoxy) is 1. The fourth-order valence-corrected chi connectivity index (χ4v) is 4.08. The first kappa shape index (κ1) is 21.5. The van der Waals surface area contributed by atoms with Crippen LogP contribution in [0.1, 0.15) is 21.1 Å². The Morgan fingerprint density at radius 2 is 1.97 bits per heavy atom. The van der Waals surface area contributed by atoms with E-state index in [0.29, 0.717) is 40.8 Å². The van der Waals surface area contributed by atoms with Gasteiger partial charge < -0.3 is 15.8 Å². The van der Waals surface area contributed by atoms with Gasteiger partial charge in [0.25, 0.3) is 5.91 Å². The van der Waals surface area contributed by atoms with E-state index >= 15 is 0 Å². The van der Waals surface area contributed by atoms with Gasteiger partial charge in [0.05, 0.1) is 27.5 Å². The van der Waals surface area contributed by atoms with Gasteiger partial charge in [0.1, 0.15) is 18.2 Å². The Morgan fingerprint density at radius 1 is 1.09 bits per heavy atom. The molecule has 1 amide bonds. The quantitative estimate of drug-likeness (QED) is 0.350. The van der Waals surface area contributed by atoms with Gasteiger partial charge in [0, 0.05) is 28.7 Å². The van der Waals surface area contributed by atoms with Gasteiger partial charge in [-0.25, -0.2) is 15.0 Å². The van der Waals surface area contributed by atoms with Crippen LogP contribution in [0, 0.1) is 6.92 Å². The van der Waals surface area contributed by atoms with Crippen LogP contribution in [0.5, 0.6) is 5.75 Å². The van der Waals surface area contributed by atoms with E-state index in [4.69, 9.17) is 20.4 Å². The second-order valence-electron chi connectivity index (χ2n) is 7.50. The first-order valence-electron chi connectivity index (χ1n) is 10.5. The van der Waals surface area contributed by atoms with E-state index in [9.17, 15) is 4.79 Å². The van der Waals surface area contributed by atoms with Crippen LogP contribution < -0.4 is 15.8 Å². The van der Waals surface area contributed by atoms with E-state index in [1.54, 1.807) is 41.9 Å². The summed E-state index contributed by atoms with van der Waals surface area (Å²) >= 11 is 1.58. The van der Waals surface area contributed by atoms with E-state index in [0.717, 1.165) is 21.7 Å². The first-order chi connectivity index (χ1) is 16.6. The average molecular weight is 469 g/mol. The fraction of sp³-hybridized carbons (Fsp3) is 0.0800. The zero-order valence-corrected chi connectivity index (χ0v) is 19.0. The smallest absolute Gasteiger partial charge is 0.250 e. The number of anilines is 2. The van der Waals surface area contributed by atoms with Crippen molar-refractivity contribution < 1.29 is 9.53 Å². The second kappa shape index (κ2) is 9.24. The minimum atomic E-state index is -0.531. The Labute approximate surface area is 199 Å². The molecule has 0 saturated heterocycles. The third-order valence-corrected chi connectivity index (χ3v) is 5.91. The predicted molar refractivity (Wildman–Crippen MR) is 132 cm³/mol. The summed E-state index contributed by atoms with van der Waals surface area (Å²) in [5.74, 6) is 1.15. The molecule has 3 aromatic heterocycles. The monoisotopic (exact) mass is 468 g/mol. The molecule has 0 aliphatic carbocycles. The number of rotatable bonds is 7. The molecule has 3 N–H and O–H groups in total. The third kappa shape index (κ3) is 4.55. The molecule has 0 spiro atoms. The first-order valence-corrected chi connectivity index (χ1v) is 11.4. The van der Waals surface area contributed by atoms with Crippen molar-refractivity contribution in [3.63, 3.8) is 0 Å². The summed E-state index contributed by atoms with van der Waals surface area (Å²) in [5.41, 5.74) is 8.85. The highest BCUT2D eigenvalue weighted by Crippen LogP contribution is 2.31. The molecule has 168 valence electrons. The van der Waals surface area contributed by atoms with Gasteiger partial charge in [-0.05, 0) is 49.4 Å². The Hall–Kier alpha value is -4.37. The minimum absolute atomic E-state index is 0.359. The van der Waals surface area contributed by atoms with Gasteiger partial charge in [0.2, 0.25) is 0 Å². The highest BCUT2D eigenvalue weighted by Gasteiger charge is 2.14. The summed E-state index contributed by atoms with van der Waals surface area (Å²) in [5, 5.41) is 6.98. The van der Waals surface area contributed by atoms with Crippen LogP contribution in [0.25, 0.3) is 22.3 Å². The maximum atomic E-state index is 12.0. The highest BCUT2D eigenvalue weighted by molar-refractivity contribution is 7.09.